The number of aromatic nitrogens is 2. The Labute approximate surface area is 182 Å². The van der Waals surface area contributed by atoms with Crippen molar-refractivity contribution >= 4 is 16.9 Å². The summed E-state index contributed by atoms with van der Waals surface area (Å²) in [7, 11) is 0. The number of likely N-dealkylation sites (tertiary alicyclic amines) is 1. The van der Waals surface area contributed by atoms with Gasteiger partial charge in [0.25, 0.3) is 5.91 Å². The number of amides is 1. The molecule has 0 bridgehead atoms. The second kappa shape index (κ2) is 8.57. The standard InChI is InChI=1S/C27H23N3O/c31-27(30-17-9-1-2-10-18-30)22-15-16-23-24(19-22)29-26(21-13-7-4-8-14-21)25(28-23)20-11-5-3-6-12-20/h3,5-7,11-16,19H,1-2,9-10,17-18H2. The van der Waals surface area contributed by atoms with Gasteiger partial charge in [0.1, 0.15) is 0 Å². The molecule has 31 heavy (non-hydrogen) atoms. The number of benzene rings is 2. The summed E-state index contributed by atoms with van der Waals surface area (Å²) < 4.78 is 0. The molecule has 1 fully saturated rings. The lowest BCUT2D eigenvalue weighted by Gasteiger charge is -2.20. The number of fused-ring (bicyclic) bond motifs is 1. The molecule has 4 nitrogen and oxygen atoms in total. The minimum absolute atomic E-state index is 0.0851. The fraction of sp³-hybridized carbons (Fsp3) is 0.222. The van der Waals surface area contributed by atoms with Gasteiger partial charge in [-0.25, -0.2) is 9.97 Å². The Morgan fingerprint density at radius 1 is 0.774 bits per heavy atom. The summed E-state index contributed by atoms with van der Waals surface area (Å²) in [6.07, 6.45) is 4.55. The molecule has 0 N–H and O–H groups in total. The predicted octanol–water partition coefficient (Wildman–Crippen LogP) is 5.58. The average Bonchev–Trinajstić information content (AvgIpc) is 3.13. The van der Waals surface area contributed by atoms with Crippen LogP contribution in [0.5, 0.6) is 0 Å². The number of nitrogens with zero attached hydrogens (tertiary/aromatic N) is 3. The summed E-state index contributed by atoms with van der Waals surface area (Å²) >= 11 is 0. The topological polar surface area (TPSA) is 46.1 Å². The van der Waals surface area contributed by atoms with Crippen molar-refractivity contribution in [3.8, 4) is 22.5 Å². The van der Waals surface area contributed by atoms with E-state index in [4.69, 9.17) is 9.97 Å². The molecule has 2 heterocycles. The van der Waals surface area contributed by atoms with Gasteiger partial charge in [-0.2, -0.15) is 0 Å². The molecule has 1 saturated heterocycles. The average molecular weight is 406 g/mol. The zero-order chi connectivity index (χ0) is 21.0. The van der Waals surface area contributed by atoms with Gasteiger partial charge >= 0.3 is 0 Å². The summed E-state index contributed by atoms with van der Waals surface area (Å²) in [5, 5.41) is 0. The molecule has 1 aliphatic rings. The van der Waals surface area contributed by atoms with Gasteiger partial charge in [-0.15, -0.1) is 0 Å². The second-order valence-corrected chi connectivity index (χ2v) is 7.92. The highest BCUT2D eigenvalue weighted by Crippen LogP contribution is 2.31. The van der Waals surface area contributed by atoms with Crippen LogP contribution in [0.2, 0.25) is 0 Å². The molecule has 0 saturated carbocycles. The minimum Gasteiger partial charge on any atom is -0.339 e. The first kappa shape index (κ1) is 19.3. The van der Waals surface area contributed by atoms with Crippen LogP contribution in [0.3, 0.4) is 0 Å². The number of carbonyl (C=O) groups is 1. The van der Waals surface area contributed by atoms with Crippen LogP contribution < -0.4 is 0 Å². The van der Waals surface area contributed by atoms with Crippen LogP contribution in [0, 0.1) is 12.1 Å². The van der Waals surface area contributed by atoms with E-state index in [0.717, 1.165) is 59.5 Å². The first-order chi connectivity index (χ1) is 15.3. The van der Waals surface area contributed by atoms with Crippen molar-refractivity contribution in [3.63, 3.8) is 0 Å². The van der Waals surface area contributed by atoms with Crippen LogP contribution in [0.4, 0.5) is 0 Å². The molecule has 1 amide bonds. The van der Waals surface area contributed by atoms with E-state index in [1.165, 1.54) is 12.8 Å². The van der Waals surface area contributed by atoms with E-state index >= 15 is 0 Å². The lowest BCUT2D eigenvalue weighted by molar-refractivity contribution is 0.0762. The Bertz CT molecular complexity index is 1200. The van der Waals surface area contributed by atoms with E-state index in [9.17, 15) is 4.79 Å². The third-order valence-corrected chi connectivity index (χ3v) is 5.78. The van der Waals surface area contributed by atoms with E-state index in [1.807, 2.05) is 71.6 Å². The predicted molar refractivity (Wildman–Crippen MR) is 122 cm³/mol. The SMILES string of the molecule is O=C(c1ccc2nc(-c3ccccc3)c(-c3cc#ccc3)nc2c1)N1CCCCCC1. The van der Waals surface area contributed by atoms with Gasteiger partial charge < -0.3 is 4.90 Å². The lowest BCUT2D eigenvalue weighted by Crippen LogP contribution is -2.31. The van der Waals surface area contributed by atoms with Crippen molar-refractivity contribution in [1.82, 2.24) is 14.9 Å². The summed E-state index contributed by atoms with van der Waals surface area (Å²) in [4.78, 5) is 25.0. The van der Waals surface area contributed by atoms with E-state index in [-0.39, 0.29) is 5.91 Å². The van der Waals surface area contributed by atoms with Crippen molar-refractivity contribution in [2.24, 2.45) is 0 Å². The Balaban J connectivity index is 1.61. The van der Waals surface area contributed by atoms with Gasteiger partial charge in [0.05, 0.1) is 22.4 Å². The van der Waals surface area contributed by atoms with Gasteiger partial charge in [0.2, 0.25) is 0 Å². The molecule has 3 aromatic carbocycles. The molecule has 0 radical (unpaired) electrons. The van der Waals surface area contributed by atoms with Crippen LogP contribution in [0.15, 0.2) is 66.7 Å². The summed E-state index contributed by atoms with van der Waals surface area (Å²) in [5.74, 6) is 0.0851. The highest BCUT2D eigenvalue weighted by Gasteiger charge is 2.19. The third kappa shape index (κ3) is 4.00. The largest absolute Gasteiger partial charge is 0.339 e. The summed E-state index contributed by atoms with van der Waals surface area (Å²) in [6.45, 7) is 1.66. The molecule has 1 aromatic heterocycles. The summed E-state index contributed by atoms with van der Waals surface area (Å²) in [5.41, 5.74) is 5.71. The molecule has 4 heteroatoms. The maximum absolute atomic E-state index is 13.1. The molecular formula is C27H23N3O. The molecule has 0 atom stereocenters. The van der Waals surface area contributed by atoms with Gasteiger partial charge in [-0.3, -0.25) is 4.79 Å². The van der Waals surface area contributed by atoms with Crippen molar-refractivity contribution in [2.45, 2.75) is 25.7 Å². The van der Waals surface area contributed by atoms with Gasteiger partial charge in [0, 0.05) is 29.8 Å². The monoisotopic (exact) mass is 405 g/mol. The van der Waals surface area contributed by atoms with Crippen LogP contribution >= 0.6 is 0 Å². The second-order valence-electron chi connectivity index (χ2n) is 7.92. The summed E-state index contributed by atoms with van der Waals surface area (Å²) in [6, 6.07) is 27.3. The maximum atomic E-state index is 13.1. The number of hydrogen-bond acceptors (Lipinski definition) is 3. The smallest absolute Gasteiger partial charge is 0.253 e. The number of carbonyl (C=O) groups excluding carboxylic acids is 1. The van der Waals surface area contributed by atoms with Crippen LogP contribution in [0.1, 0.15) is 36.0 Å². The third-order valence-electron chi connectivity index (χ3n) is 5.78. The van der Waals surface area contributed by atoms with Crippen molar-refractivity contribution in [2.75, 3.05) is 13.1 Å². The van der Waals surface area contributed by atoms with Gasteiger partial charge in [-0.05, 0) is 49.2 Å². The van der Waals surface area contributed by atoms with Gasteiger partial charge in [0.15, 0.2) is 0 Å². The van der Waals surface area contributed by atoms with E-state index in [0.29, 0.717) is 5.56 Å². The molecule has 5 rings (SSSR count). The molecule has 152 valence electrons. The first-order valence-corrected chi connectivity index (χ1v) is 10.8. The zero-order valence-corrected chi connectivity index (χ0v) is 17.3. The Morgan fingerprint density at radius 3 is 2.26 bits per heavy atom. The normalized spacial score (nSPS) is 14.1. The Kier molecular flexibility index (Phi) is 5.33. The quantitative estimate of drug-likeness (QED) is 0.447. The van der Waals surface area contributed by atoms with E-state index in [2.05, 4.69) is 12.1 Å². The van der Waals surface area contributed by atoms with Crippen molar-refractivity contribution in [3.05, 3.63) is 84.4 Å². The Morgan fingerprint density at radius 2 is 1.52 bits per heavy atom. The molecule has 0 unspecified atom stereocenters. The highest BCUT2D eigenvalue weighted by molar-refractivity contribution is 5.98. The van der Waals surface area contributed by atoms with E-state index < -0.39 is 0 Å². The number of rotatable bonds is 3. The highest BCUT2D eigenvalue weighted by atomic mass is 16.2. The van der Waals surface area contributed by atoms with Gasteiger partial charge in [-0.1, -0.05) is 55.3 Å². The molecule has 0 aliphatic carbocycles. The molecule has 4 aromatic rings. The Hall–Kier alpha value is -3.71. The lowest BCUT2D eigenvalue weighted by atomic mass is 10.0. The van der Waals surface area contributed by atoms with E-state index in [1.54, 1.807) is 0 Å². The molecule has 1 aliphatic heterocycles. The van der Waals surface area contributed by atoms with Crippen LogP contribution in [-0.4, -0.2) is 33.9 Å². The van der Waals surface area contributed by atoms with Crippen molar-refractivity contribution in [1.29, 1.82) is 0 Å². The van der Waals surface area contributed by atoms with Crippen molar-refractivity contribution < 1.29 is 4.79 Å². The minimum atomic E-state index is 0.0851. The fourth-order valence-corrected chi connectivity index (χ4v) is 4.14. The fourth-order valence-electron chi connectivity index (χ4n) is 4.14. The molecular weight excluding hydrogens is 382 g/mol. The van der Waals surface area contributed by atoms with Crippen LogP contribution in [-0.2, 0) is 0 Å². The maximum Gasteiger partial charge on any atom is 0.253 e. The zero-order valence-electron chi connectivity index (χ0n) is 17.3. The number of hydrogen-bond donors (Lipinski definition) is 0. The van der Waals surface area contributed by atoms with Crippen LogP contribution in [0.25, 0.3) is 33.5 Å². The molecule has 0 spiro atoms. The first-order valence-electron chi connectivity index (χ1n) is 10.8.